The lowest BCUT2D eigenvalue weighted by atomic mass is 9.80. The first-order chi connectivity index (χ1) is 8.24. The second-order valence-electron chi connectivity index (χ2n) is 5.26. The molecular weight excluding hydrogens is 212 g/mol. The van der Waals surface area contributed by atoms with Crippen molar-refractivity contribution in [3.63, 3.8) is 0 Å². The van der Waals surface area contributed by atoms with Gasteiger partial charge < -0.3 is 0 Å². The summed E-state index contributed by atoms with van der Waals surface area (Å²) in [5.74, 6) is 1.03. The molecule has 0 N–H and O–H groups in total. The molecule has 0 unspecified atom stereocenters. The van der Waals surface area contributed by atoms with E-state index in [1.807, 2.05) is 6.07 Å². The Bertz CT molecular complexity index is 456. The van der Waals surface area contributed by atoms with E-state index in [-0.39, 0.29) is 23.9 Å². The van der Waals surface area contributed by atoms with Gasteiger partial charge in [-0.2, -0.15) is 0 Å². The first kappa shape index (κ1) is 10.7. The van der Waals surface area contributed by atoms with Crippen LogP contribution in [-0.4, -0.2) is 11.6 Å². The monoisotopic (exact) mass is 228 g/mol. The van der Waals surface area contributed by atoms with Crippen LogP contribution in [0.5, 0.6) is 0 Å². The number of carbonyl (C=O) groups is 2. The van der Waals surface area contributed by atoms with Crippen molar-refractivity contribution < 1.29 is 9.59 Å². The van der Waals surface area contributed by atoms with E-state index in [9.17, 15) is 9.59 Å². The van der Waals surface area contributed by atoms with Crippen LogP contribution in [0.1, 0.15) is 55.1 Å². The summed E-state index contributed by atoms with van der Waals surface area (Å²) in [4.78, 5) is 23.1. The molecule has 0 amide bonds. The minimum Gasteiger partial charge on any atom is -0.299 e. The maximum absolute atomic E-state index is 11.5. The third-order valence-electron chi connectivity index (χ3n) is 3.80. The molecule has 0 spiro atoms. The lowest BCUT2D eigenvalue weighted by Crippen LogP contribution is -2.22. The Hall–Kier alpha value is -1.44. The van der Waals surface area contributed by atoms with Crippen molar-refractivity contribution in [3.05, 3.63) is 35.4 Å². The van der Waals surface area contributed by atoms with E-state index in [0.717, 1.165) is 0 Å². The molecule has 0 saturated heterocycles. The molecular formula is C15H16O2. The number of Topliss-reactive ketones (excluding diaryl/α,β-unsaturated/α-hetero) is 2. The molecule has 1 aromatic rings. The summed E-state index contributed by atoms with van der Waals surface area (Å²) in [6.07, 6.45) is 3.77. The van der Waals surface area contributed by atoms with Crippen LogP contribution in [0.25, 0.3) is 0 Å². The molecule has 0 radical (unpaired) electrons. The SMILES string of the molecule is O=C1CC(=O)CC(c2ccccc2C2CC2)C1. The Kier molecular flexibility index (Phi) is 2.58. The van der Waals surface area contributed by atoms with Crippen LogP contribution in [-0.2, 0) is 9.59 Å². The Morgan fingerprint density at radius 1 is 0.824 bits per heavy atom. The summed E-state index contributed by atoms with van der Waals surface area (Å²) in [7, 11) is 0. The maximum atomic E-state index is 11.5. The van der Waals surface area contributed by atoms with Gasteiger partial charge in [0.2, 0.25) is 0 Å². The van der Waals surface area contributed by atoms with Gasteiger partial charge in [0.1, 0.15) is 11.6 Å². The van der Waals surface area contributed by atoms with Crippen molar-refractivity contribution in [2.75, 3.05) is 0 Å². The number of hydrogen-bond donors (Lipinski definition) is 0. The van der Waals surface area contributed by atoms with E-state index in [0.29, 0.717) is 18.8 Å². The summed E-state index contributed by atoms with van der Waals surface area (Å²) in [6, 6.07) is 8.34. The van der Waals surface area contributed by atoms with Crippen LogP contribution >= 0.6 is 0 Å². The van der Waals surface area contributed by atoms with Gasteiger partial charge in [-0.25, -0.2) is 0 Å². The lowest BCUT2D eigenvalue weighted by Gasteiger charge is -2.22. The third kappa shape index (κ3) is 2.17. The zero-order valence-corrected chi connectivity index (χ0v) is 9.82. The van der Waals surface area contributed by atoms with E-state index in [4.69, 9.17) is 0 Å². The first-order valence-corrected chi connectivity index (χ1v) is 6.36. The summed E-state index contributed by atoms with van der Waals surface area (Å²) in [6.45, 7) is 0. The van der Waals surface area contributed by atoms with Gasteiger partial charge in [-0.15, -0.1) is 0 Å². The van der Waals surface area contributed by atoms with Crippen LogP contribution in [0, 0.1) is 0 Å². The van der Waals surface area contributed by atoms with E-state index >= 15 is 0 Å². The number of hydrogen-bond acceptors (Lipinski definition) is 2. The van der Waals surface area contributed by atoms with Gasteiger partial charge >= 0.3 is 0 Å². The highest BCUT2D eigenvalue weighted by Gasteiger charge is 2.32. The Morgan fingerprint density at radius 3 is 1.88 bits per heavy atom. The topological polar surface area (TPSA) is 34.1 Å². The second-order valence-corrected chi connectivity index (χ2v) is 5.26. The first-order valence-electron chi connectivity index (χ1n) is 6.36. The molecule has 3 rings (SSSR count). The molecule has 0 bridgehead atoms. The van der Waals surface area contributed by atoms with Gasteiger partial charge in [-0.05, 0) is 35.8 Å². The number of ketones is 2. The summed E-state index contributed by atoms with van der Waals surface area (Å²) in [5, 5.41) is 0. The van der Waals surface area contributed by atoms with E-state index in [1.165, 1.54) is 24.0 Å². The van der Waals surface area contributed by atoms with Gasteiger partial charge in [0, 0.05) is 12.8 Å². The Morgan fingerprint density at radius 2 is 1.35 bits per heavy atom. The van der Waals surface area contributed by atoms with Crippen molar-refractivity contribution in [2.45, 2.75) is 43.9 Å². The highest BCUT2D eigenvalue weighted by molar-refractivity contribution is 6.02. The van der Waals surface area contributed by atoms with Crippen molar-refractivity contribution in [3.8, 4) is 0 Å². The second kappa shape index (κ2) is 4.10. The predicted molar refractivity (Wildman–Crippen MR) is 65.0 cm³/mol. The molecule has 0 aliphatic heterocycles. The quantitative estimate of drug-likeness (QED) is 0.729. The lowest BCUT2D eigenvalue weighted by molar-refractivity contribution is -0.130. The van der Waals surface area contributed by atoms with Crippen molar-refractivity contribution in [1.82, 2.24) is 0 Å². The molecule has 0 aromatic heterocycles. The largest absolute Gasteiger partial charge is 0.299 e. The minimum absolute atomic E-state index is 0.108. The van der Waals surface area contributed by atoms with Crippen molar-refractivity contribution in [2.24, 2.45) is 0 Å². The number of carbonyl (C=O) groups excluding carboxylic acids is 2. The number of benzene rings is 1. The fourth-order valence-corrected chi connectivity index (χ4v) is 2.85. The summed E-state index contributed by atoms with van der Waals surface area (Å²) < 4.78 is 0. The maximum Gasteiger partial charge on any atom is 0.140 e. The van der Waals surface area contributed by atoms with Gasteiger partial charge in [0.05, 0.1) is 6.42 Å². The third-order valence-corrected chi connectivity index (χ3v) is 3.80. The fourth-order valence-electron chi connectivity index (χ4n) is 2.85. The zero-order valence-electron chi connectivity index (χ0n) is 9.82. The molecule has 2 saturated carbocycles. The van der Waals surface area contributed by atoms with Crippen LogP contribution in [0.15, 0.2) is 24.3 Å². The molecule has 0 atom stereocenters. The van der Waals surface area contributed by atoms with Gasteiger partial charge in [0.25, 0.3) is 0 Å². The van der Waals surface area contributed by atoms with Crippen molar-refractivity contribution in [1.29, 1.82) is 0 Å². The molecule has 2 aliphatic carbocycles. The average molecular weight is 228 g/mol. The van der Waals surface area contributed by atoms with Gasteiger partial charge in [-0.1, -0.05) is 24.3 Å². The molecule has 0 heterocycles. The van der Waals surface area contributed by atoms with Crippen LogP contribution in [0.2, 0.25) is 0 Å². The molecule has 1 aromatic carbocycles. The predicted octanol–water partition coefficient (Wildman–Crippen LogP) is 2.97. The van der Waals surface area contributed by atoms with Crippen LogP contribution in [0.3, 0.4) is 0 Å². The molecule has 2 heteroatoms. The summed E-state index contributed by atoms with van der Waals surface area (Å²) >= 11 is 0. The minimum atomic E-state index is 0.108. The molecule has 88 valence electrons. The van der Waals surface area contributed by atoms with Gasteiger partial charge in [0.15, 0.2) is 0 Å². The average Bonchev–Trinajstić information content (AvgIpc) is 3.11. The molecule has 2 fully saturated rings. The molecule has 2 aliphatic rings. The van der Waals surface area contributed by atoms with E-state index in [2.05, 4.69) is 18.2 Å². The van der Waals surface area contributed by atoms with Crippen molar-refractivity contribution >= 4 is 11.6 Å². The molecule has 2 nitrogen and oxygen atoms in total. The standard InChI is InChI=1S/C15H16O2/c16-12-7-11(8-13(17)9-12)15-4-2-1-3-14(15)10-5-6-10/h1-4,10-11H,5-9H2. The summed E-state index contributed by atoms with van der Waals surface area (Å²) in [5.41, 5.74) is 2.62. The highest BCUT2D eigenvalue weighted by Crippen LogP contribution is 2.44. The highest BCUT2D eigenvalue weighted by atomic mass is 16.1. The normalized spacial score (nSPS) is 21.9. The fraction of sp³-hybridized carbons (Fsp3) is 0.467. The Balaban J connectivity index is 1.92. The van der Waals surface area contributed by atoms with Gasteiger partial charge in [-0.3, -0.25) is 9.59 Å². The van der Waals surface area contributed by atoms with Crippen LogP contribution < -0.4 is 0 Å². The smallest absolute Gasteiger partial charge is 0.140 e. The van der Waals surface area contributed by atoms with E-state index < -0.39 is 0 Å². The van der Waals surface area contributed by atoms with Crippen LogP contribution in [0.4, 0.5) is 0 Å². The molecule has 17 heavy (non-hydrogen) atoms. The van der Waals surface area contributed by atoms with E-state index in [1.54, 1.807) is 0 Å². The zero-order chi connectivity index (χ0) is 11.8. The Labute approximate surface area is 101 Å². The number of rotatable bonds is 2.